The van der Waals surface area contributed by atoms with Crippen LogP contribution in [0.4, 0.5) is 5.82 Å². The van der Waals surface area contributed by atoms with Gasteiger partial charge in [-0.3, -0.25) is 4.79 Å². The minimum atomic E-state index is -0.978. The maximum absolute atomic E-state index is 11.4. The Kier molecular flexibility index (Phi) is 4.74. The van der Waals surface area contributed by atoms with Crippen molar-refractivity contribution < 1.29 is 14.7 Å². The fraction of sp³-hybridized carbons (Fsp3) is 0.389. The second-order valence-corrected chi connectivity index (χ2v) is 6.42. The molecule has 1 aliphatic rings. The van der Waals surface area contributed by atoms with Crippen molar-refractivity contribution in [2.24, 2.45) is 0 Å². The number of aromatic carboxylic acids is 1. The maximum Gasteiger partial charge on any atom is 0.352 e. The van der Waals surface area contributed by atoms with Gasteiger partial charge in [-0.2, -0.15) is 0 Å². The van der Waals surface area contributed by atoms with Crippen molar-refractivity contribution >= 4 is 17.7 Å². The summed E-state index contributed by atoms with van der Waals surface area (Å²) in [6.45, 7) is 5.06. The van der Waals surface area contributed by atoms with Gasteiger partial charge in [0.15, 0.2) is 0 Å². The number of anilines is 1. The number of rotatable bonds is 4. The van der Waals surface area contributed by atoms with E-state index in [2.05, 4.69) is 15.3 Å². The van der Waals surface area contributed by atoms with Gasteiger partial charge >= 0.3 is 5.97 Å². The molecule has 3 rings (SSSR count). The van der Waals surface area contributed by atoms with E-state index in [1.807, 2.05) is 17.9 Å². The molecule has 1 saturated heterocycles. The predicted octanol–water partition coefficient (Wildman–Crippen LogP) is 2.51. The van der Waals surface area contributed by atoms with Gasteiger partial charge in [0.1, 0.15) is 11.5 Å². The second-order valence-electron chi connectivity index (χ2n) is 6.42. The summed E-state index contributed by atoms with van der Waals surface area (Å²) in [4.78, 5) is 31.5. The third-order valence-electron chi connectivity index (χ3n) is 4.62. The van der Waals surface area contributed by atoms with Crippen LogP contribution in [0.1, 0.15) is 35.8 Å². The number of nitrogens with zero attached hydrogens (tertiary/aromatic N) is 2. The lowest BCUT2D eigenvalue weighted by atomic mass is 10.0. The number of H-pyrrole nitrogens is 1. The molecule has 0 bridgehead atoms. The average Bonchev–Trinajstić information content (AvgIpc) is 3.07. The number of nitrogens with one attached hydrogen (secondary N) is 2. The Balaban J connectivity index is 1.73. The molecule has 1 amide bonds. The minimum absolute atomic E-state index is 0.121. The number of carbonyl (C=O) groups excluding carboxylic acids is 1. The van der Waals surface area contributed by atoms with Crippen LogP contribution in [-0.4, -0.2) is 51.0 Å². The van der Waals surface area contributed by atoms with Crippen LogP contribution in [0.15, 0.2) is 24.5 Å². The number of aromatic nitrogens is 2. The number of hydrogen-bond donors (Lipinski definition) is 3. The molecule has 1 fully saturated rings. The van der Waals surface area contributed by atoms with Crippen LogP contribution < -0.4 is 5.32 Å². The number of hydrogen-bond acceptors (Lipinski definition) is 4. The topological polar surface area (TPSA) is 98.3 Å². The van der Waals surface area contributed by atoms with E-state index >= 15 is 0 Å². The summed E-state index contributed by atoms with van der Waals surface area (Å²) in [5.74, 6) is -0.0932. The van der Waals surface area contributed by atoms with Crippen molar-refractivity contribution in [2.45, 2.75) is 32.7 Å². The first-order valence-electron chi connectivity index (χ1n) is 8.35. The number of amides is 1. The number of aromatic amines is 1. The first kappa shape index (κ1) is 17.0. The van der Waals surface area contributed by atoms with Crippen LogP contribution in [0.25, 0.3) is 11.1 Å². The van der Waals surface area contributed by atoms with Crippen LogP contribution in [0.3, 0.4) is 0 Å². The summed E-state index contributed by atoms with van der Waals surface area (Å²) >= 11 is 0. The molecule has 132 valence electrons. The van der Waals surface area contributed by atoms with Crippen molar-refractivity contribution in [1.29, 1.82) is 0 Å². The molecule has 0 radical (unpaired) electrons. The highest BCUT2D eigenvalue weighted by Crippen LogP contribution is 2.27. The Morgan fingerprint density at radius 1 is 1.32 bits per heavy atom. The van der Waals surface area contributed by atoms with E-state index in [1.165, 1.54) is 0 Å². The molecule has 1 aliphatic heterocycles. The Bertz CT molecular complexity index is 791. The van der Waals surface area contributed by atoms with Gasteiger partial charge in [-0.1, -0.05) is 0 Å². The molecule has 2 aromatic rings. The summed E-state index contributed by atoms with van der Waals surface area (Å²) in [7, 11) is 0. The van der Waals surface area contributed by atoms with Crippen molar-refractivity contribution in [2.75, 3.05) is 18.4 Å². The average molecular weight is 342 g/mol. The number of pyridine rings is 1. The summed E-state index contributed by atoms with van der Waals surface area (Å²) in [6, 6.07) is 3.85. The van der Waals surface area contributed by atoms with Gasteiger partial charge in [0, 0.05) is 44.0 Å². The molecule has 0 aliphatic carbocycles. The normalized spacial score (nSPS) is 15.2. The number of carboxylic acids is 1. The highest BCUT2D eigenvalue weighted by atomic mass is 16.4. The lowest BCUT2D eigenvalue weighted by Crippen LogP contribution is -2.41. The van der Waals surface area contributed by atoms with Crippen molar-refractivity contribution in [1.82, 2.24) is 14.9 Å². The lowest BCUT2D eigenvalue weighted by Gasteiger charge is -2.32. The van der Waals surface area contributed by atoms with Crippen molar-refractivity contribution in [3.05, 3.63) is 35.8 Å². The highest BCUT2D eigenvalue weighted by molar-refractivity contribution is 5.88. The van der Waals surface area contributed by atoms with E-state index in [0.29, 0.717) is 0 Å². The molecule has 0 saturated carbocycles. The van der Waals surface area contributed by atoms with E-state index in [0.717, 1.165) is 48.4 Å². The van der Waals surface area contributed by atoms with Gasteiger partial charge < -0.3 is 20.3 Å². The SMILES string of the molecule is CC(=O)N1CCC(Nc2cc(-c3c[nH]c(C(=O)O)c3)c(C)cn2)CC1. The van der Waals surface area contributed by atoms with Gasteiger partial charge in [-0.15, -0.1) is 0 Å². The van der Waals surface area contributed by atoms with E-state index < -0.39 is 5.97 Å². The molecule has 7 heteroatoms. The molecule has 25 heavy (non-hydrogen) atoms. The summed E-state index contributed by atoms with van der Waals surface area (Å²) in [5, 5.41) is 12.5. The molecule has 3 N–H and O–H groups in total. The van der Waals surface area contributed by atoms with E-state index in [4.69, 9.17) is 5.11 Å². The monoisotopic (exact) mass is 342 g/mol. The molecule has 0 aromatic carbocycles. The first-order chi connectivity index (χ1) is 11.9. The van der Waals surface area contributed by atoms with Gasteiger partial charge in [-0.05, 0) is 43.0 Å². The molecule has 0 atom stereocenters. The predicted molar refractivity (Wildman–Crippen MR) is 94.6 cm³/mol. The van der Waals surface area contributed by atoms with Gasteiger partial charge in [0.05, 0.1) is 0 Å². The van der Waals surface area contributed by atoms with Crippen LogP contribution in [0.2, 0.25) is 0 Å². The summed E-state index contributed by atoms with van der Waals surface area (Å²) in [6.07, 6.45) is 5.26. The molecular formula is C18H22N4O3. The fourth-order valence-corrected chi connectivity index (χ4v) is 3.13. The van der Waals surface area contributed by atoms with Crippen molar-refractivity contribution in [3.8, 4) is 11.1 Å². The minimum Gasteiger partial charge on any atom is -0.477 e. The summed E-state index contributed by atoms with van der Waals surface area (Å²) in [5.41, 5.74) is 2.92. The number of aryl methyl sites for hydroxylation is 1. The molecule has 2 aromatic heterocycles. The highest BCUT2D eigenvalue weighted by Gasteiger charge is 2.21. The summed E-state index contributed by atoms with van der Waals surface area (Å²) < 4.78 is 0. The lowest BCUT2D eigenvalue weighted by molar-refractivity contribution is -0.129. The Morgan fingerprint density at radius 2 is 2.04 bits per heavy atom. The van der Waals surface area contributed by atoms with Crippen LogP contribution >= 0.6 is 0 Å². The Morgan fingerprint density at radius 3 is 2.64 bits per heavy atom. The van der Waals surface area contributed by atoms with Gasteiger partial charge in [0.2, 0.25) is 5.91 Å². The maximum atomic E-state index is 11.4. The zero-order chi connectivity index (χ0) is 18.0. The molecule has 0 spiro atoms. The quantitative estimate of drug-likeness (QED) is 0.793. The largest absolute Gasteiger partial charge is 0.477 e. The smallest absolute Gasteiger partial charge is 0.352 e. The Labute approximate surface area is 146 Å². The van der Waals surface area contributed by atoms with Gasteiger partial charge in [-0.25, -0.2) is 9.78 Å². The molecule has 7 nitrogen and oxygen atoms in total. The molecule has 0 unspecified atom stereocenters. The third-order valence-corrected chi connectivity index (χ3v) is 4.62. The molecule has 3 heterocycles. The number of carboxylic acid groups (broad SMARTS) is 1. The third kappa shape index (κ3) is 3.81. The van der Waals surface area contributed by atoms with E-state index in [-0.39, 0.29) is 17.6 Å². The number of piperidine rings is 1. The molecular weight excluding hydrogens is 320 g/mol. The van der Waals surface area contributed by atoms with E-state index in [1.54, 1.807) is 25.4 Å². The zero-order valence-corrected chi connectivity index (χ0v) is 14.4. The Hall–Kier alpha value is -2.83. The zero-order valence-electron chi connectivity index (χ0n) is 14.4. The van der Waals surface area contributed by atoms with Crippen LogP contribution in [-0.2, 0) is 4.79 Å². The number of likely N-dealkylation sites (tertiary alicyclic amines) is 1. The van der Waals surface area contributed by atoms with Crippen molar-refractivity contribution in [3.63, 3.8) is 0 Å². The van der Waals surface area contributed by atoms with Crippen LogP contribution in [0, 0.1) is 6.92 Å². The van der Waals surface area contributed by atoms with Crippen LogP contribution in [0.5, 0.6) is 0 Å². The standard InChI is InChI=1S/C18H22N4O3/c1-11-9-20-17(21-14-3-5-22(6-4-14)12(2)23)8-15(11)13-7-16(18(24)25)19-10-13/h7-10,14,19H,3-6H2,1-2H3,(H,20,21)(H,24,25). The second kappa shape index (κ2) is 6.96. The fourth-order valence-electron chi connectivity index (χ4n) is 3.13. The first-order valence-corrected chi connectivity index (χ1v) is 8.35. The van der Waals surface area contributed by atoms with Gasteiger partial charge in [0.25, 0.3) is 0 Å². The van der Waals surface area contributed by atoms with E-state index in [9.17, 15) is 9.59 Å². The number of carbonyl (C=O) groups is 2.